The third-order valence-electron chi connectivity index (χ3n) is 4.12. The van der Waals surface area contributed by atoms with Crippen LogP contribution in [-0.4, -0.2) is 24.6 Å². The van der Waals surface area contributed by atoms with Crippen molar-refractivity contribution in [3.8, 4) is 5.75 Å². The van der Waals surface area contributed by atoms with E-state index in [0.717, 1.165) is 5.56 Å². The maximum absolute atomic E-state index is 12.0. The van der Waals surface area contributed by atoms with Crippen LogP contribution < -0.4 is 15.5 Å². The Labute approximate surface area is 189 Å². The molecule has 0 aromatic heterocycles. The molecule has 0 aliphatic carbocycles. The summed E-state index contributed by atoms with van der Waals surface area (Å²) in [5.41, 5.74) is 4.41. The van der Waals surface area contributed by atoms with Gasteiger partial charge >= 0.3 is 0 Å². The standard InChI is InChI=1S/C23H19Cl2N3O3/c24-19-10-8-16(9-11-19)15-31-21-7-2-1-4-18(21)13-27-28-22(29)14-26-23(30)17-5-3-6-20(25)12-17/h1-13H,14-15H2,(H,26,30)(H,28,29)/b27-13-. The second kappa shape index (κ2) is 11.2. The number of hydrogen-bond donors (Lipinski definition) is 2. The first-order valence-electron chi connectivity index (χ1n) is 9.33. The highest BCUT2D eigenvalue weighted by atomic mass is 35.5. The molecule has 158 valence electrons. The van der Waals surface area contributed by atoms with Crippen LogP contribution in [0.15, 0.2) is 77.9 Å². The first-order chi connectivity index (χ1) is 15.0. The number of carbonyl (C=O) groups excluding carboxylic acids is 2. The number of hydrazone groups is 1. The number of nitrogens with one attached hydrogen (secondary N) is 2. The van der Waals surface area contributed by atoms with E-state index in [9.17, 15) is 9.59 Å². The summed E-state index contributed by atoms with van der Waals surface area (Å²) >= 11 is 11.8. The zero-order chi connectivity index (χ0) is 22.1. The Balaban J connectivity index is 1.50. The number of nitrogens with zero attached hydrogens (tertiary/aromatic N) is 1. The van der Waals surface area contributed by atoms with Crippen LogP contribution in [0.5, 0.6) is 5.75 Å². The van der Waals surface area contributed by atoms with Gasteiger partial charge in [0, 0.05) is 21.2 Å². The summed E-state index contributed by atoms with van der Waals surface area (Å²) in [4.78, 5) is 24.0. The number of para-hydroxylation sites is 1. The molecule has 3 rings (SSSR count). The quantitative estimate of drug-likeness (QED) is 0.388. The van der Waals surface area contributed by atoms with E-state index in [-0.39, 0.29) is 6.54 Å². The molecule has 6 nitrogen and oxygen atoms in total. The molecule has 0 saturated heterocycles. The maximum atomic E-state index is 12.0. The Bertz CT molecular complexity index is 1090. The average Bonchev–Trinajstić information content (AvgIpc) is 2.78. The molecule has 0 atom stereocenters. The summed E-state index contributed by atoms with van der Waals surface area (Å²) in [6.07, 6.45) is 1.48. The largest absolute Gasteiger partial charge is 0.488 e. The van der Waals surface area contributed by atoms with Crippen LogP contribution in [-0.2, 0) is 11.4 Å². The molecule has 0 aliphatic rings. The van der Waals surface area contributed by atoms with Gasteiger partial charge in [0.2, 0.25) is 0 Å². The molecule has 0 fully saturated rings. The zero-order valence-corrected chi connectivity index (χ0v) is 17.9. The van der Waals surface area contributed by atoms with Crippen molar-refractivity contribution in [3.05, 3.63) is 99.5 Å². The fourth-order valence-electron chi connectivity index (χ4n) is 2.57. The molecule has 0 radical (unpaired) electrons. The van der Waals surface area contributed by atoms with Crippen molar-refractivity contribution in [2.24, 2.45) is 5.10 Å². The lowest BCUT2D eigenvalue weighted by atomic mass is 10.2. The number of carbonyl (C=O) groups is 2. The number of hydrogen-bond acceptors (Lipinski definition) is 4. The summed E-state index contributed by atoms with van der Waals surface area (Å²) in [6.45, 7) is 0.140. The van der Waals surface area contributed by atoms with Crippen molar-refractivity contribution in [1.82, 2.24) is 10.7 Å². The highest BCUT2D eigenvalue weighted by Gasteiger charge is 2.08. The highest BCUT2D eigenvalue weighted by molar-refractivity contribution is 6.31. The van der Waals surface area contributed by atoms with E-state index < -0.39 is 11.8 Å². The van der Waals surface area contributed by atoms with Crippen molar-refractivity contribution in [3.63, 3.8) is 0 Å². The molecule has 2 N–H and O–H groups in total. The van der Waals surface area contributed by atoms with Gasteiger partial charge in [0.05, 0.1) is 12.8 Å². The van der Waals surface area contributed by atoms with Crippen molar-refractivity contribution < 1.29 is 14.3 Å². The van der Waals surface area contributed by atoms with E-state index in [4.69, 9.17) is 27.9 Å². The third kappa shape index (κ3) is 7.13. The Morgan fingerprint density at radius 3 is 2.48 bits per heavy atom. The lowest BCUT2D eigenvalue weighted by molar-refractivity contribution is -0.120. The van der Waals surface area contributed by atoms with Gasteiger partial charge in [0.25, 0.3) is 11.8 Å². The molecule has 3 aromatic rings. The first-order valence-corrected chi connectivity index (χ1v) is 10.1. The zero-order valence-electron chi connectivity index (χ0n) is 16.3. The van der Waals surface area contributed by atoms with Gasteiger partial charge in [0.15, 0.2) is 0 Å². The number of amides is 2. The lowest BCUT2D eigenvalue weighted by Crippen LogP contribution is -2.34. The molecular weight excluding hydrogens is 437 g/mol. The third-order valence-corrected chi connectivity index (χ3v) is 4.60. The Morgan fingerprint density at radius 2 is 1.71 bits per heavy atom. The molecule has 0 heterocycles. The molecule has 3 aromatic carbocycles. The van der Waals surface area contributed by atoms with Crippen LogP contribution in [0.25, 0.3) is 0 Å². The van der Waals surface area contributed by atoms with Gasteiger partial charge in [-0.1, -0.05) is 53.5 Å². The monoisotopic (exact) mass is 455 g/mol. The molecule has 31 heavy (non-hydrogen) atoms. The molecule has 8 heteroatoms. The second-order valence-electron chi connectivity index (χ2n) is 6.44. The topological polar surface area (TPSA) is 79.8 Å². The normalized spacial score (nSPS) is 10.6. The molecule has 0 aliphatic heterocycles. The van der Waals surface area contributed by atoms with E-state index in [0.29, 0.717) is 33.5 Å². The smallest absolute Gasteiger partial charge is 0.259 e. The van der Waals surface area contributed by atoms with Crippen molar-refractivity contribution in [2.45, 2.75) is 6.61 Å². The van der Waals surface area contributed by atoms with Crippen LogP contribution in [0.4, 0.5) is 0 Å². The lowest BCUT2D eigenvalue weighted by Gasteiger charge is -2.09. The number of halogens is 2. The predicted octanol–water partition coefficient (Wildman–Crippen LogP) is 4.45. The van der Waals surface area contributed by atoms with E-state index >= 15 is 0 Å². The highest BCUT2D eigenvalue weighted by Crippen LogP contribution is 2.18. The molecule has 2 amide bonds. The first kappa shape index (κ1) is 22.3. The van der Waals surface area contributed by atoms with Crippen molar-refractivity contribution in [2.75, 3.05) is 6.54 Å². The van der Waals surface area contributed by atoms with Gasteiger partial charge in [0.1, 0.15) is 12.4 Å². The van der Waals surface area contributed by atoms with E-state index in [1.54, 1.807) is 30.3 Å². The SMILES string of the molecule is O=C(CNC(=O)c1cccc(Cl)c1)N/N=C\c1ccccc1OCc1ccc(Cl)cc1. The van der Waals surface area contributed by atoms with Gasteiger partial charge < -0.3 is 10.1 Å². The fraction of sp³-hybridized carbons (Fsp3) is 0.0870. The summed E-state index contributed by atoms with van der Waals surface area (Å²) in [7, 11) is 0. The molecule has 0 saturated carbocycles. The minimum Gasteiger partial charge on any atom is -0.488 e. The minimum atomic E-state index is -0.466. The summed E-state index contributed by atoms with van der Waals surface area (Å²) < 4.78 is 5.84. The number of benzene rings is 3. The number of ether oxygens (including phenoxy) is 1. The van der Waals surface area contributed by atoms with E-state index in [1.807, 2.05) is 36.4 Å². The molecule has 0 unspecified atom stereocenters. The van der Waals surface area contributed by atoms with E-state index in [2.05, 4.69) is 15.8 Å². The average molecular weight is 456 g/mol. The minimum absolute atomic E-state index is 0.225. The molecule has 0 bridgehead atoms. The maximum Gasteiger partial charge on any atom is 0.259 e. The van der Waals surface area contributed by atoms with Crippen molar-refractivity contribution in [1.29, 1.82) is 0 Å². The Hall–Kier alpha value is -3.35. The molecular formula is C23H19Cl2N3O3. The van der Waals surface area contributed by atoms with Gasteiger partial charge in [-0.15, -0.1) is 0 Å². The Kier molecular flexibility index (Phi) is 8.04. The number of rotatable bonds is 8. The van der Waals surface area contributed by atoms with Crippen LogP contribution in [0, 0.1) is 0 Å². The summed E-state index contributed by atoms with van der Waals surface area (Å²) in [5, 5.41) is 7.56. The second-order valence-corrected chi connectivity index (χ2v) is 7.31. The predicted molar refractivity (Wildman–Crippen MR) is 122 cm³/mol. The molecule has 0 spiro atoms. The van der Waals surface area contributed by atoms with E-state index in [1.165, 1.54) is 12.3 Å². The fourth-order valence-corrected chi connectivity index (χ4v) is 2.88. The van der Waals surface area contributed by atoms with Crippen LogP contribution >= 0.6 is 23.2 Å². The van der Waals surface area contributed by atoms with Crippen LogP contribution in [0.3, 0.4) is 0 Å². The van der Waals surface area contributed by atoms with Crippen LogP contribution in [0.1, 0.15) is 21.5 Å². The Morgan fingerprint density at radius 1 is 0.935 bits per heavy atom. The van der Waals surface area contributed by atoms with Crippen LogP contribution in [0.2, 0.25) is 10.0 Å². The van der Waals surface area contributed by atoms with Gasteiger partial charge in [-0.2, -0.15) is 5.10 Å². The van der Waals surface area contributed by atoms with Gasteiger partial charge in [-0.25, -0.2) is 5.43 Å². The van der Waals surface area contributed by atoms with Gasteiger partial charge in [-0.3, -0.25) is 9.59 Å². The summed E-state index contributed by atoms with van der Waals surface area (Å²) in [5.74, 6) is -0.251. The summed E-state index contributed by atoms with van der Waals surface area (Å²) in [6, 6.07) is 21.1. The van der Waals surface area contributed by atoms with Crippen molar-refractivity contribution >= 4 is 41.2 Å². The van der Waals surface area contributed by atoms with Gasteiger partial charge in [-0.05, 0) is 48.0 Å².